The number of carbonyl (C=O) groups excluding carboxylic acids is 3. The fourth-order valence-electron chi connectivity index (χ4n) is 4.28. The van der Waals surface area contributed by atoms with Gasteiger partial charge in [-0.05, 0) is 25.8 Å². The summed E-state index contributed by atoms with van der Waals surface area (Å²) in [6.07, 6.45) is 0.730. The van der Waals surface area contributed by atoms with Gasteiger partial charge in [0, 0.05) is 25.6 Å². The number of ether oxygens (including phenoxy) is 1. The number of esters is 1. The third kappa shape index (κ3) is 4.98. The molecule has 0 radical (unpaired) electrons. The molecule has 13 nitrogen and oxygen atoms in total. The van der Waals surface area contributed by atoms with Gasteiger partial charge < -0.3 is 20.3 Å². The highest BCUT2D eigenvalue weighted by molar-refractivity contribution is 6.05. The fourth-order valence-corrected chi connectivity index (χ4v) is 4.28. The van der Waals surface area contributed by atoms with Crippen LogP contribution in [0.15, 0.2) is 29.1 Å². The van der Waals surface area contributed by atoms with Gasteiger partial charge in [-0.15, -0.1) is 0 Å². The van der Waals surface area contributed by atoms with Gasteiger partial charge in [-0.25, -0.2) is 0 Å². The number of anilines is 3. The molecule has 2 aliphatic heterocycles. The molecule has 1 fully saturated rings. The fraction of sp³-hybridized carbons (Fsp3) is 0.409. The Kier molecular flexibility index (Phi) is 6.75. The molecule has 2 amide bonds. The summed E-state index contributed by atoms with van der Waals surface area (Å²) >= 11 is 0. The zero-order valence-corrected chi connectivity index (χ0v) is 18.9. The Balaban J connectivity index is 1.56. The molecule has 35 heavy (non-hydrogen) atoms. The van der Waals surface area contributed by atoms with Gasteiger partial charge in [0.2, 0.25) is 17.8 Å². The Morgan fingerprint density at radius 3 is 2.66 bits per heavy atom. The van der Waals surface area contributed by atoms with E-state index in [0.717, 1.165) is 0 Å². The number of nitro benzene ring substituents is 1. The SMILES string of the molecule is CCOC(=O)C1CCN(c2nc3c(c(=O)[nH]2)[C@H](C(=O)Nc2ccccc2[N+](=O)[O-])CC(=O)N3)CC1. The highest BCUT2D eigenvalue weighted by atomic mass is 16.6. The number of rotatable bonds is 6. The lowest BCUT2D eigenvalue weighted by molar-refractivity contribution is -0.383. The molecule has 1 aromatic heterocycles. The van der Waals surface area contributed by atoms with E-state index in [1.54, 1.807) is 11.8 Å². The van der Waals surface area contributed by atoms with Crippen LogP contribution in [0, 0.1) is 16.0 Å². The van der Waals surface area contributed by atoms with E-state index in [1.807, 2.05) is 0 Å². The lowest BCUT2D eigenvalue weighted by Crippen LogP contribution is -2.41. The van der Waals surface area contributed by atoms with Crippen molar-refractivity contribution in [3.8, 4) is 0 Å². The smallest absolute Gasteiger partial charge is 0.309 e. The van der Waals surface area contributed by atoms with Crippen molar-refractivity contribution < 1.29 is 24.0 Å². The van der Waals surface area contributed by atoms with Gasteiger partial charge in [0.15, 0.2) is 0 Å². The number of benzene rings is 1. The largest absolute Gasteiger partial charge is 0.466 e. The van der Waals surface area contributed by atoms with Gasteiger partial charge in [-0.3, -0.25) is 34.3 Å². The standard InChI is InChI=1S/C22H24N6O7/c1-2-35-21(32)12-7-9-27(10-8-12)22-25-18-17(20(31)26-22)13(11-16(29)24-18)19(30)23-14-5-3-4-6-15(14)28(33)34/h3-6,12-13H,2,7-11H2,1H3,(H,23,30)(H2,24,25,26,29,31)/t13-/m1/s1. The molecule has 0 saturated carbocycles. The van der Waals surface area contributed by atoms with E-state index in [4.69, 9.17) is 4.74 Å². The molecular formula is C22H24N6O7. The van der Waals surface area contributed by atoms with Crippen molar-refractivity contribution in [1.29, 1.82) is 0 Å². The van der Waals surface area contributed by atoms with Crippen LogP contribution in [0.25, 0.3) is 0 Å². The number of piperidine rings is 1. The van der Waals surface area contributed by atoms with Crippen LogP contribution >= 0.6 is 0 Å². The van der Waals surface area contributed by atoms with E-state index >= 15 is 0 Å². The maximum absolute atomic E-state index is 13.0. The highest BCUT2D eigenvalue weighted by Crippen LogP contribution is 2.32. The predicted octanol–water partition coefficient (Wildman–Crippen LogP) is 1.52. The number of fused-ring (bicyclic) bond motifs is 1. The molecule has 1 atom stereocenters. The van der Waals surface area contributed by atoms with Crippen LogP contribution in [0.3, 0.4) is 0 Å². The van der Waals surface area contributed by atoms with Crippen molar-refractivity contribution >= 4 is 40.9 Å². The third-order valence-electron chi connectivity index (χ3n) is 6.03. The second kappa shape index (κ2) is 9.91. The zero-order chi connectivity index (χ0) is 25.1. The Bertz CT molecular complexity index is 1240. The summed E-state index contributed by atoms with van der Waals surface area (Å²) < 4.78 is 5.07. The van der Waals surface area contributed by atoms with E-state index in [-0.39, 0.29) is 47.0 Å². The van der Waals surface area contributed by atoms with Gasteiger partial charge in [0.25, 0.3) is 11.2 Å². The Morgan fingerprint density at radius 1 is 1.26 bits per heavy atom. The van der Waals surface area contributed by atoms with Gasteiger partial charge in [0.1, 0.15) is 11.5 Å². The monoisotopic (exact) mass is 484 g/mol. The lowest BCUT2D eigenvalue weighted by Gasteiger charge is -2.32. The second-order valence-corrected chi connectivity index (χ2v) is 8.23. The normalized spacial score (nSPS) is 17.8. The molecule has 1 aromatic carbocycles. The minimum Gasteiger partial charge on any atom is -0.466 e. The number of carbonyl (C=O) groups is 3. The van der Waals surface area contributed by atoms with Crippen LogP contribution in [0.4, 0.5) is 23.1 Å². The maximum atomic E-state index is 13.0. The molecule has 0 spiro atoms. The molecular weight excluding hydrogens is 460 g/mol. The molecule has 0 unspecified atom stereocenters. The summed E-state index contributed by atoms with van der Waals surface area (Å²) in [7, 11) is 0. The Labute approximate surface area is 199 Å². The first kappa shape index (κ1) is 23.9. The van der Waals surface area contributed by atoms with Crippen molar-refractivity contribution in [3.05, 3.63) is 50.3 Å². The maximum Gasteiger partial charge on any atom is 0.309 e. The molecule has 4 rings (SSSR count). The van der Waals surface area contributed by atoms with Gasteiger partial charge in [-0.1, -0.05) is 12.1 Å². The summed E-state index contributed by atoms with van der Waals surface area (Å²) in [5, 5.41) is 16.3. The quantitative estimate of drug-likeness (QED) is 0.312. The van der Waals surface area contributed by atoms with E-state index in [9.17, 15) is 29.3 Å². The first-order valence-electron chi connectivity index (χ1n) is 11.2. The van der Waals surface area contributed by atoms with Gasteiger partial charge in [0.05, 0.1) is 28.9 Å². The summed E-state index contributed by atoms with van der Waals surface area (Å²) in [6.45, 7) is 2.95. The average Bonchev–Trinajstić information content (AvgIpc) is 2.83. The Hall–Kier alpha value is -4.29. The molecule has 184 valence electrons. The average molecular weight is 484 g/mol. The Morgan fingerprint density at radius 2 is 1.97 bits per heavy atom. The number of aromatic nitrogens is 2. The van der Waals surface area contributed by atoms with E-state index in [0.29, 0.717) is 32.5 Å². The third-order valence-corrected chi connectivity index (χ3v) is 6.03. The number of nitrogens with one attached hydrogen (secondary N) is 3. The van der Waals surface area contributed by atoms with Crippen LogP contribution in [-0.4, -0.2) is 52.4 Å². The number of H-pyrrole nitrogens is 1. The number of amides is 2. The van der Waals surface area contributed by atoms with Gasteiger partial charge in [-0.2, -0.15) is 4.98 Å². The second-order valence-electron chi connectivity index (χ2n) is 8.23. The van der Waals surface area contributed by atoms with E-state index < -0.39 is 28.2 Å². The van der Waals surface area contributed by atoms with Crippen molar-refractivity contribution in [2.24, 2.45) is 5.92 Å². The lowest BCUT2D eigenvalue weighted by atomic mass is 9.92. The van der Waals surface area contributed by atoms with Crippen LogP contribution in [0.5, 0.6) is 0 Å². The summed E-state index contributed by atoms with van der Waals surface area (Å²) in [4.78, 5) is 69.8. The molecule has 0 bridgehead atoms. The molecule has 1 saturated heterocycles. The summed E-state index contributed by atoms with van der Waals surface area (Å²) in [5.41, 5.74) is -0.971. The van der Waals surface area contributed by atoms with E-state index in [1.165, 1.54) is 24.3 Å². The zero-order valence-electron chi connectivity index (χ0n) is 18.9. The predicted molar refractivity (Wildman–Crippen MR) is 124 cm³/mol. The molecule has 13 heteroatoms. The van der Waals surface area contributed by atoms with Crippen molar-refractivity contribution in [3.63, 3.8) is 0 Å². The number of hydrogen-bond acceptors (Lipinski definition) is 9. The number of aromatic amines is 1. The number of nitro groups is 1. The van der Waals surface area contributed by atoms with Crippen molar-refractivity contribution in [2.45, 2.75) is 32.1 Å². The minimum atomic E-state index is -1.18. The topological polar surface area (TPSA) is 177 Å². The molecule has 0 aliphatic carbocycles. The summed E-state index contributed by atoms with van der Waals surface area (Å²) in [6, 6.07) is 5.59. The number of hydrogen-bond donors (Lipinski definition) is 3. The summed E-state index contributed by atoms with van der Waals surface area (Å²) in [5.74, 6) is -2.72. The minimum absolute atomic E-state index is 0.0224. The van der Waals surface area contributed by atoms with Crippen molar-refractivity contribution in [1.82, 2.24) is 9.97 Å². The molecule has 2 aromatic rings. The number of nitrogens with zero attached hydrogens (tertiary/aromatic N) is 3. The first-order valence-corrected chi connectivity index (χ1v) is 11.2. The van der Waals surface area contributed by atoms with Crippen molar-refractivity contribution in [2.75, 3.05) is 35.2 Å². The van der Waals surface area contributed by atoms with Crippen LogP contribution in [-0.2, 0) is 19.1 Å². The van der Waals surface area contributed by atoms with Crippen LogP contribution in [0.1, 0.15) is 37.7 Å². The molecule has 3 N–H and O–H groups in total. The highest BCUT2D eigenvalue weighted by Gasteiger charge is 2.36. The molecule has 3 heterocycles. The first-order chi connectivity index (χ1) is 16.8. The molecule has 2 aliphatic rings. The van der Waals surface area contributed by atoms with Crippen LogP contribution < -0.4 is 21.1 Å². The van der Waals surface area contributed by atoms with E-state index in [2.05, 4.69) is 20.6 Å². The number of para-hydroxylation sites is 2. The van der Waals surface area contributed by atoms with Gasteiger partial charge >= 0.3 is 5.97 Å². The van der Waals surface area contributed by atoms with Crippen LogP contribution in [0.2, 0.25) is 0 Å².